The largest absolute Gasteiger partial charge is 0.481 e. The van der Waals surface area contributed by atoms with Gasteiger partial charge in [0, 0.05) is 49.3 Å². The van der Waals surface area contributed by atoms with Gasteiger partial charge in [0.05, 0.1) is 23.6 Å². The Labute approximate surface area is 219 Å². The second-order valence-corrected chi connectivity index (χ2v) is 10.8. The third-order valence-electron chi connectivity index (χ3n) is 7.83. The van der Waals surface area contributed by atoms with Crippen molar-refractivity contribution >= 4 is 11.8 Å². The van der Waals surface area contributed by atoms with E-state index in [0.717, 1.165) is 73.3 Å². The number of anilines is 1. The minimum Gasteiger partial charge on any atom is -0.481 e. The maximum atomic E-state index is 10.9. The van der Waals surface area contributed by atoms with Gasteiger partial charge in [0.15, 0.2) is 0 Å². The normalized spacial score (nSPS) is 22.1. The van der Waals surface area contributed by atoms with Gasteiger partial charge in [-0.05, 0) is 88.5 Å². The maximum absolute atomic E-state index is 10.9. The van der Waals surface area contributed by atoms with Crippen LogP contribution in [-0.4, -0.2) is 52.9 Å². The number of aryl methyl sites for hydroxylation is 1. The van der Waals surface area contributed by atoms with Gasteiger partial charge < -0.3 is 20.5 Å². The molecular formula is C29H39N5O3. The van der Waals surface area contributed by atoms with Crippen LogP contribution in [0.15, 0.2) is 30.5 Å². The van der Waals surface area contributed by atoms with Crippen LogP contribution in [0, 0.1) is 29.6 Å². The summed E-state index contributed by atoms with van der Waals surface area (Å²) in [4.78, 5) is 20.5. The van der Waals surface area contributed by atoms with Gasteiger partial charge in [-0.25, -0.2) is 4.98 Å². The predicted molar refractivity (Wildman–Crippen MR) is 143 cm³/mol. The lowest BCUT2D eigenvalue weighted by Crippen LogP contribution is -2.40. The zero-order chi connectivity index (χ0) is 26.3. The number of rotatable bonds is 10. The van der Waals surface area contributed by atoms with Gasteiger partial charge in [0.25, 0.3) is 0 Å². The van der Waals surface area contributed by atoms with Crippen molar-refractivity contribution in [3.05, 3.63) is 41.7 Å². The average molecular weight is 506 g/mol. The number of nitrogens with zero attached hydrogens (tertiary/aromatic N) is 3. The van der Waals surface area contributed by atoms with Crippen LogP contribution in [0.1, 0.15) is 63.1 Å². The van der Waals surface area contributed by atoms with Crippen molar-refractivity contribution in [1.82, 2.24) is 15.3 Å². The van der Waals surface area contributed by atoms with Crippen molar-refractivity contribution < 1.29 is 14.6 Å². The van der Waals surface area contributed by atoms with Crippen LogP contribution in [0.4, 0.5) is 5.82 Å². The Hall–Kier alpha value is -3.02. The standard InChI is InChI=1S/C29H39N5O3/c1-20-17-31-24(15-22-6-8-23(9-7-22)33-21(2)14-28(35)36)16-25(20)26-4-3-5-27(34-26)32-19-29(18-30)10-12-37-13-11-29/h3-5,16-17,21-23,33H,6-15,19H2,1-2H3,(H,32,34)(H,35,36)/t21-,22?,23?/m0/s1. The Morgan fingerprint density at radius 2 is 2.03 bits per heavy atom. The van der Waals surface area contributed by atoms with Gasteiger partial charge in [-0.1, -0.05) is 6.07 Å². The Kier molecular flexibility index (Phi) is 9.12. The molecule has 1 atom stereocenters. The van der Waals surface area contributed by atoms with Crippen molar-refractivity contribution in [1.29, 1.82) is 5.26 Å². The first-order valence-electron chi connectivity index (χ1n) is 13.5. The van der Waals surface area contributed by atoms with E-state index in [-0.39, 0.29) is 12.5 Å². The molecule has 4 rings (SSSR count). The number of aliphatic carboxylic acids is 1. The highest BCUT2D eigenvalue weighted by Gasteiger charge is 2.32. The number of carbonyl (C=O) groups is 1. The summed E-state index contributed by atoms with van der Waals surface area (Å²) < 4.78 is 5.44. The smallest absolute Gasteiger partial charge is 0.304 e. The summed E-state index contributed by atoms with van der Waals surface area (Å²) in [6, 6.07) is 11.1. The topological polar surface area (TPSA) is 120 Å². The zero-order valence-corrected chi connectivity index (χ0v) is 22.0. The average Bonchev–Trinajstić information content (AvgIpc) is 2.90. The van der Waals surface area contributed by atoms with Gasteiger partial charge in [-0.3, -0.25) is 9.78 Å². The quantitative estimate of drug-likeness (QED) is 0.424. The van der Waals surface area contributed by atoms with E-state index in [9.17, 15) is 10.1 Å². The molecule has 198 valence electrons. The Morgan fingerprint density at radius 3 is 2.73 bits per heavy atom. The second kappa shape index (κ2) is 12.5. The fourth-order valence-electron chi connectivity index (χ4n) is 5.54. The molecule has 1 saturated heterocycles. The van der Waals surface area contributed by atoms with E-state index in [1.54, 1.807) is 0 Å². The van der Waals surface area contributed by atoms with E-state index in [4.69, 9.17) is 19.8 Å². The number of nitrogens with one attached hydrogen (secondary N) is 2. The number of hydrogen-bond donors (Lipinski definition) is 3. The molecule has 0 bridgehead atoms. The summed E-state index contributed by atoms with van der Waals surface area (Å²) in [5.74, 6) is 0.606. The monoisotopic (exact) mass is 505 g/mol. The van der Waals surface area contributed by atoms with E-state index >= 15 is 0 Å². The first-order chi connectivity index (χ1) is 17.9. The molecule has 0 radical (unpaired) electrons. The minimum absolute atomic E-state index is 0.000227. The van der Waals surface area contributed by atoms with Crippen LogP contribution >= 0.6 is 0 Å². The van der Waals surface area contributed by atoms with Crippen molar-refractivity contribution in [3.63, 3.8) is 0 Å². The lowest BCUT2D eigenvalue weighted by Gasteiger charge is -2.31. The molecule has 37 heavy (non-hydrogen) atoms. The van der Waals surface area contributed by atoms with Gasteiger partial charge >= 0.3 is 5.97 Å². The second-order valence-electron chi connectivity index (χ2n) is 10.8. The Bertz CT molecular complexity index is 1100. The molecule has 2 aromatic heterocycles. The van der Waals surface area contributed by atoms with Crippen LogP contribution in [0.3, 0.4) is 0 Å². The van der Waals surface area contributed by atoms with E-state index in [1.165, 1.54) is 0 Å². The van der Waals surface area contributed by atoms with Gasteiger partial charge in [-0.15, -0.1) is 0 Å². The summed E-state index contributed by atoms with van der Waals surface area (Å²) in [5, 5.41) is 25.6. The molecule has 3 N–H and O–H groups in total. The first kappa shape index (κ1) is 27.0. The highest BCUT2D eigenvalue weighted by atomic mass is 16.5. The fourth-order valence-corrected chi connectivity index (χ4v) is 5.54. The van der Waals surface area contributed by atoms with E-state index in [2.05, 4.69) is 29.7 Å². The lowest BCUT2D eigenvalue weighted by molar-refractivity contribution is -0.137. The fraction of sp³-hybridized carbons (Fsp3) is 0.586. The molecule has 0 spiro atoms. The van der Waals surface area contributed by atoms with Gasteiger partial charge in [-0.2, -0.15) is 5.26 Å². The van der Waals surface area contributed by atoms with Gasteiger partial charge in [0.1, 0.15) is 5.82 Å². The maximum Gasteiger partial charge on any atom is 0.304 e. The molecule has 3 heterocycles. The van der Waals surface area contributed by atoms with E-state index in [0.29, 0.717) is 31.7 Å². The molecule has 0 aromatic carbocycles. The number of pyridine rings is 2. The van der Waals surface area contributed by atoms with Crippen molar-refractivity contribution in [2.45, 2.75) is 77.3 Å². The summed E-state index contributed by atoms with van der Waals surface area (Å²) >= 11 is 0. The summed E-state index contributed by atoms with van der Waals surface area (Å²) in [6.45, 7) is 5.84. The van der Waals surface area contributed by atoms with Crippen LogP contribution in [-0.2, 0) is 16.0 Å². The Balaban J connectivity index is 1.36. The minimum atomic E-state index is -0.754. The number of nitriles is 1. The van der Waals surface area contributed by atoms with Crippen LogP contribution < -0.4 is 10.6 Å². The third kappa shape index (κ3) is 7.50. The van der Waals surface area contributed by atoms with Crippen molar-refractivity contribution in [2.75, 3.05) is 25.1 Å². The van der Waals surface area contributed by atoms with Crippen LogP contribution in [0.2, 0.25) is 0 Å². The summed E-state index contributed by atoms with van der Waals surface area (Å²) in [5.41, 5.74) is 3.77. The molecule has 2 aromatic rings. The molecule has 2 aliphatic rings. The summed E-state index contributed by atoms with van der Waals surface area (Å²) in [6.07, 6.45) is 8.89. The predicted octanol–water partition coefficient (Wildman–Crippen LogP) is 4.74. The molecule has 1 saturated carbocycles. The molecule has 1 aliphatic heterocycles. The molecule has 0 unspecified atom stereocenters. The van der Waals surface area contributed by atoms with Crippen LogP contribution in [0.5, 0.6) is 0 Å². The highest BCUT2D eigenvalue weighted by molar-refractivity contribution is 5.67. The van der Waals surface area contributed by atoms with Gasteiger partial charge in [0.2, 0.25) is 0 Å². The Morgan fingerprint density at radius 1 is 1.27 bits per heavy atom. The van der Waals surface area contributed by atoms with Crippen molar-refractivity contribution in [3.8, 4) is 17.3 Å². The van der Waals surface area contributed by atoms with E-state index < -0.39 is 11.4 Å². The highest BCUT2D eigenvalue weighted by Crippen LogP contribution is 2.31. The molecular weight excluding hydrogens is 466 g/mol. The molecule has 8 nitrogen and oxygen atoms in total. The van der Waals surface area contributed by atoms with Crippen LogP contribution in [0.25, 0.3) is 11.3 Å². The number of carboxylic acid groups (broad SMARTS) is 1. The lowest BCUT2D eigenvalue weighted by atomic mass is 9.82. The number of hydrogen-bond acceptors (Lipinski definition) is 7. The first-order valence-corrected chi connectivity index (χ1v) is 13.5. The molecule has 0 amide bonds. The third-order valence-corrected chi connectivity index (χ3v) is 7.83. The molecule has 2 fully saturated rings. The summed E-state index contributed by atoms with van der Waals surface area (Å²) in [7, 11) is 0. The zero-order valence-electron chi connectivity index (χ0n) is 22.0. The SMILES string of the molecule is Cc1cnc(CC2CCC(N[C@@H](C)CC(=O)O)CC2)cc1-c1cccc(NCC2(C#N)CCOCC2)n1. The van der Waals surface area contributed by atoms with E-state index in [1.807, 2.05) is 31.3 Å². The number of carboxylic acids is 1. The number of aromatic nitrogens is 2. The molecule has 8 heteroatoms. The van der Waals surface area contributed by atoms with Crippen molar-refractivity contribution in [2.24, 2.45) is 11.3 Å². The molecule has 1 aliphatic carbocycles. The number of ether oxygens (including phenoxy) is 1.